The molecule has 1 saturated carbocycles. The summed E-state index contributed by atoms with van der Waals surface area (Å²) in [7, 11) is -2.92. The first-order valence-corrected chi connectivity index (χ1v) is 7.34. The largest absolute Gasteiger partial charge is 0.475 e. The van der Waals surface area contributed by atoms with Crippen molar-refractivity contribution in [2.45, 2.75) is 29.2 Å². The van der Waals surface area contributed by atoms with Crippen LogP contribution in [-0.4, -0.2) is 22.8 Å². The van der Waals surface area contributed by atoms with Crippen LogP contribution in [0.1, 0.15) is 24.3 Å². The lowest BCUT2D eigenvalue weighted by molar-refractivity contribution is -0.0384. The van der Waals surface area contributed by atoms with Gasteiger partial charge >= 0.3 is 5.51 Å². The fourth-order valence-electron chi connectivity index (χ4n) is 2.99. The molecule has 1 aliphatic carbocycles. The Morgan fingerprint density at radius 3 is 2.16 bits per heavy atom. The van der Waals surface area contributed by atoms with Gasteiger partial charge in [-0.3, -0.25) is 0 Å². The number of hydrogen-bond donors (Lipinski definition) is 1. The number of halogens is 3. The van der Waals surface area contributed by atoms with E-state index in [0.29, 0.717) is 11.3 Å². The predicted molar refractivity (Wildman–Crippen MR) is 66.2 cm³/mol. The Morgan fingerprint density at radius 2 is 1.74 bits per heavy atom. The molecule has 104 valence electrons. The van der Waals surface area contributed by atoms with Gasteiger partial charge < -0.3 is 5.32 Å². The minimum Gasteiger partial charge on any atom is -0.316 e. The second-order valence-corrected chi connectivity index (χ2v) is 6.96. The van der Waals surface area contributed by atoms with Crippen molar-refractivity contribution in [1.82, 2.24) is 5.32 Å². The van der Waals surface area contributed by atoms with Crippen LogP contribution in [0.5, 0.6) is 0 Å². The molecule has 1 spiro atoms. The zero-order valence-corrected chi connectivity index (χ0v) is 11.0. The Kier molecular flexibility index (Phi) is 2.98. The molecule has 0 aromatic heterocycles. The number of benzene rings is 1. The molecule has 1 aromatic carbocycles. The summed E-state index contributed by atoms with van der Waals surface area (Å²) >= 11 is 0. The quantitative estimate of drug-likeness (QED) is 0.907. The highest BCUT2D eigenvalue weighted by atomic mass is 32.2. The predicted octanol–water partition coefficient (Wildman–Crippen LogP) is 2.78. The molecule has 0 amide bonds. The van der Waals surface area contributed by atoms with Crippen LogP contribution in [0.15, 0.2) is 29.2 Å². The van der Waals surface area contributed by atoms with Crippen LogP contribution in [0.2, 0.25) is 0 Å². The van der Waals surface area contributed by atoms with Gasteiger partial charge in [-0.25, -0.2) is 4.21 Å². The lowest BCUT2D eigenvalue weighted by atomic mass is 9.57. The van der Waals surface area contributed by atoms with E-state index in [1.165, 1.54) is 12.1 Å². The molecule has 1 N–H and O–H groups in total. The first-order valence-electron chi connectivity index (χ1n) is 6.19. The monoisotopic (exact) mass is 289 g/mol. The van der Waals surface area contributed by atoms with Gasteiger partial charge in [-0.1, -0.05) is 12.1 Å². The maximum Gasteiger partial charge on any atom is 0.475 e. The average Bonchev–Trinajstić information content (AvgIpc) is 2.24. The van der Waals surface area contributed by atoms with Crippen LogP contribution < -0.4 is 5.32 Å². The molecule has 1 atom stereocenters. The summed E-state index contributed by atoms with van der Waals surface area (Å²) in [6, 6.07) is 6.04. The van der Waals surface area contributed by atoms with Gasteiger partial charge in [-0.2, -0.15) is 13.2 Å². The van der Waals surface area contributed by atoms with Crippen LogP contribution in [0.3, 0.4) is 0 Å². The second-order valence-electron chi connectivity index (χ2n) is 5.49. The smallest absolute Gasteiger partial charge is 0.316 e. The lowest BCUT2D eigenvalue weighted by Gasteiger charge is -2.54. The van der Waals surface area contributed by atoms with Gasteiger partial charge in [0.2, 0.25) is 0 Å². The fourth-order valence-corrected chi connectivity index (χ4v) is 3.64. The number of alkyl halides is 3. The van der Waals surface area contributed by atoms with Gasteiger partial charge in [0.1, 0.15) is 0 Å². The Hall–Kier alpha value is -0.880. The zero-order valence-electron chi connectivity index (χ0n) is 10.2. The van der Waals surface area contributed by atoms with Gasteiger partial charge in [-0.05, 0) is 41.9 Å². The fraction of sp³-hybridized carbons (Fsp3) is 0.538. The van der Waals surface area contributed by atoms with Crippen LogP contribution >= 0.6 is 0 Å². The topological polar surface area (TPSA) is 29.1 Å². The molecule has 2 aliphatic rings. The van der Waals surface area contributed by atoms with E-state index in [-0.39, 0.29) is 4.90 Å². The van der Waals surface area contributed by atoms with Crippen molar-refractivity contribution in [3.63, 3.8) is 0 Å². The number of hydrogen-bond acceptors (Lipinski definition) is 2. The minimum atomic E-state index is -4.68. The zero-order chi connectivity index (χ0) is 13.7. The van der Waals surface area contributed by atoms with Crippen LogP contribution in [0.4, 0.5) is 13.2 Å². The molecule has 2 fully saturated rings. The third kappa shape index (κ3) is 2.31. The Balaban J connectivity index is 1.68. The van der Waals surface area contributed by atoms with Gasteiger partial charge in [0, 0.05) is 18.0 Å². The molecular formula is C13H14F3NOS. The highest BCUT2D eigenvalue weighted by Gasteiger charge is 2.48. The Bertz CT molecular complexity index is 500. The van der Waals surface area contributed by atoms with E-state index in [1.807, 2.05) is 0 Å². The van der Waals surface area contributed by atoms with E-state index in [2.05, 4.69) is 5.32 Å². The summed E-state index contributed by atoms with van der Waals surface area (Å²) in [5, 5.41) is 3.25. The summed E-state index contributed by atoms with van der Waals surface area (Å²) in [5.41, 5.74) is -3.18. The van der Waals surface area contributed by atoms with E-state index < -0.39 is 16.3 Å². The van der Waals surface area contributed by atoms with Gasteiger partial charge in [0.15, 0.2) is 10.8 Å². The molecule has 0 radical (unpaired) electrons. The Morgan fingerprint density at radius 1 is 1.16 bits per heavy atom. The Labute approximate surface area is 111 Å². The second kappa shape index (κ2) is 4.31. The standard InChI is InChI=1S/C13H14F3NOS/c14-13(15,16)19(18)11-3-1-9(2-4-11)10-5-12(6-10)7-17-8-12/h1-4,10,17H,5-8H2. The summed E-state index contributed by atoms with van der Waals surface area (Å²) in [6.45, 7) is 2.11. The molecule has 1 heterocycles. The molecule has 0 bridgehead atoms. The van der Waals surface area contributed by atoms with E-state index >= 15 is 0 Å². The van der Waals surface area contributed by atoms with Crippen LogP contribution in [-0.2, 0) is 10.8 Å². The molecule has 1 aliphatic heterocycles. The van der Waals surface area contributed by atoms with Crippen molar-refractivity contribution < 1.29 is 17.4 Å². The van der Waals surface area contributed by atoms with Gasteiger partial charge in [-0.15, -0.1) is 0 Å². The lowest BCUT2D eigenvalue weighted by Crippen LogP contribution is -2.59. The summed E-state index contributed by atoms with van der Waals surface area (Å²) in [4.78, 5) is -0.171. The summed E-state index contributed by atoms with van der Waals surface area (Å²) in [5.74, 6) is 0.440. The maximum absolute atomic E-state index is 12.3. The van der Waals surface area contributed by atoms with Crippen LogP contribution in [0.25, 0.3) is 0 Å². The molecule has 6 heteroatoms. The van der Waals surface area contributed by atoms with E-state index in [4.69, 9.17) is 0 Å². The summed E-state index contributed by atoms with van der Waals surface area (Å²) < 4.78 is 48.1. The van der Waals surface area contributed by atoms with Crippen molar-refractivity contribution in [3.8, 4) is 0 Å². The summed E-state index contributed by atoms with van der Waals surface area (Å²) in [6.07, 6.45) is 2.20. The van der Waals surface area contributed by atoms with E-state index in [1.54, 1.807) is 12.1 Å². The van der Waals surface area contributed by atoms with Crippen molar-refractivity contribution in [2.75, 3.05) is 13.1 Å². The number of rotatable bonds is 2. The highest BCUT2D eigenvalue weighted by molar-refractivity contribution is 7.86. The third-order valence-corrected chi connectivity index (χ3v) is 5.26. The molecule has 2 nitrogen and oxygen atoms in total. The number of nitrogens with one attached hydrogen (secondary N) is 1. The normalized spacial score (nSPS) is 23.7. The third-order valence-electron chi connectivity index (χ3n) is 4.13. The molecule has 1 aromatic rings. The molecule has 3 rings (SSSR count). The van der Waals surface area contributed by atoms with Crippen LogP contribution in [0, 0.1) is 5.41 Å². The highest BCUT2D eigenvalue weighted by Crippen LogP contribution is 2.53. The van der Waals surface area contributed by atoms with Crippen molar-refractivity contribution in [1.29, 1.82) is 0 Å². The minimum absolute atomic E-state index is 0.171. The first kappa shape index (κ1) is 13.1. The van der Waals surface area contributed by atoms with Gasteiger partial charge in [0.25, 0.3) is 0 Å². The molecular weight excluding hydrogens is 275 g/mol. The molecule has 1 saturated heterocycles. The van der Waals surface area contributed by atoms with E-state index in [0.717, 1.165) is 31.5 Å². The van der Waals surface area contributed by atoms with Crippen molar-refractivity contribution in [2.24, 2.45) is 5.41 Å². The van der Waals surface area contributed by atoms with Gasteiger partial charge in [0.05, 0.1) is 0 Å². The maximum atomic E-state index is 12.3. The first-order chi connectivity index (χ1) is 8.90. The van der Waals surface area contributed by atoms with Crippen molar-refractivity contribution >= 4 is 10.8 Å². The van der Waals surface area contributed by atoms with Crippen molar-refractivity contribution in [3.05, 3.63) is 29.8 Å². The SMILES string of the molecule is O=S(c1ccc(C2CC3(CNC3)C2)cc1)C(F)(F)F. The molecule has 1 unspecified atom stereocenters. The molecule has 19 heavy (non-hydrogen) atoms. The van der Waals surface area contributed by atoms with E-state index in [9.17, 15) is 17.4 Å². The average molecular weight is 289 g/mol.